The van der Waals surface area contributed by atoms with Crippen molar-refractivity contribution in [2.45, 2.75) is 194 Å². The summed E-state index contributed by atoms with van der Waals surface area (Å²) in [4.78, 5) is 28.1. The molecule has 0 aliphatic rings. The maximum absolute atomic E-state index is 13.3. The van der Waals surface area contributed by atoms with E-state index in [1.807, 2.05) is 0 Å². The van der Waals surface area contributed by atoms with Crippen molar-refractivity contribution < 1.29 is 19.1 Å². The highest BCUT2D eigenvalue weighted by Crippen LogP contribution is 2.22. The van der Waals surface area contributed by atoms with Crippen LogP contribution >= 0.6 is 0 Å². The topological polar surface area (TPSA) is 55.8 Å². The second kappa shape index (κ2) is 31.3. The van der Waals surface area contributed by atoms with Gasteiger partial charge in [-0.3, -0.25) is 9.59 Å². The molecule has 0 aromatic rings. The van der Waals surface area contributed by atoms with E-state index >= 15 is 0 Å². The molecule has 0 rings (SSSR count). The largest absolute Gasteiger partial charge is 0.462 e. The minimum Gasteiger partial charge on any atom is -0.462 e. The van der Waals surface area contributed by atoms with Crippen LogP contribution in [0.1, 0.15) is 188 Å². The number of esters is 2. The Bertz CT molecular complexity index is 594. The highest BCUT2D eigenvalue weighted by Gasteiger charge is 2.22. The molecule has 0 saturated carbocycles. The average molecular weight is 596 g/mol. The molecule has 250 valence electrons. The molecule has 0 N–H and O–H groups in total. The van der Waals surface area contributed by atoms with E-state index in [-0.39, 0.29) is 30.6 Å². The van der Waals surface area contributed by atoms with Crippen LogP contribution in [0.3, 0.4) is 0 Å². The predicted octanol–water partition coefficient (Wildman–Crippen LogP) is 10.8. The lowest BCUT2D eigenvalue weighted by Gasteiger charge is -2.21. The van der Waals surface area contributed by atoms with Crippen LogP contribution in [0.2, 0.25) is 0 Å². The molecule has 0 aromatic heterocycles. The Labute approximate surface area is 262 Å². The number of hydrogen-bond donors (Lipinski definition) is 0. The zero-order valence-electron chi connectivity index (χ0n) is 29.0. The number of nitrogens with zero attached hydrogens (tertiary/aromatic N) is 1. The fraction of sp³-hybridized carbons (Fsp3) is 0.946. The quantitative estimate of drug-likeness (QED) is 0.0572. The van der Waals surface area contributed by atoms with Gasteiger partial charge in [-0.25, -0.2) is 0 Å². The first-order valence-electron chi connectivity index (χ1n) is 18.4. The fourth-order valence-corrected chi connectivity index (χ4v) is 5.64. The Balaban J connectivity index is 4.83. The maximum Gasteiger partial charge on any atom is 0.309 e. The van der Waals surface area contributed by atoms with Crippen LogP contribution in [-0.2, 0) is 19.1 Å². The van der Waals surface area contributed by atoms with Crippen molar-refractivity contribution in [3.05, 3.63) is 0 Å². The van der Waals surface area contributed by atoms with E-state index < -0.39 is 0 Å². The van der Waals surface area contributed by atoms with Crippen LogP contribution in [0.25, 0.3) is 0 Å². The molecular weight excluding hydrogens is 522 g/mol. The van der Waals surface area contributed by atoms with Crippen LogP contribution in [0.4, 0.5) is 0 Å². The van der Waals surface area contributed by atoms with Gasteiger partial charge in [0.2, 0.25) is 0 Å². The molecule has 5 nitrogen and oxygen atoms in total. The standard InChI is InChI=1S/C37H73NO4/c1-6-9-12-15-17-20-24-29-34(28-23-19-14-11-8-3)37(40)41-33-35(30-25-21-18-16-13-10-7-2)42-36(39)31-26-22-27-32-38(4)5/h34-35H,6-33H2,1-5H3. The van der Waals surface area contributed by atoms with E-state index in [0.717, 1.165) is 70.8 Å². The van der Waals surface area contributed by atoms with E-state index in [2.05, 4.69) is 39.8 Å². The molecule has 0 fully saturated rings. The van der Waals surface area contributed by atoms with Gasteiger partial charge >= 0.3 is 11.9 Å². The van der Waals surface area contributed by atoms with Crippen LogP contribution < -0.4 is 0 Å². The summed E-state index contributed by atoms with van der Waals surface area (Å²) in [5, 5.41) is 0. The minimum atomic E-state index is -0.317. The Morgan fingerprint density at radius 2 is 0.976 bits per heavy atom. The summed E-state index contributed by atoms with van der Waals surface area (Å²) in [6, 6.07) is 0. The summed E-state index contributed by atoms with van der Waals surface area (Å²) in [6.45, 7) is 8.00. The molecule has 0 bridgehead atoms. The third-order valence-corrected chi connectivity index (χ3v) is 8.47. The third-order valence-electron chi connectivity index (χ3n) is 8.47. The number of hydrogen-bond acceptors (Lipinski definition) is 5. The molecule has 0 spiro atoms. The smallest absolute Gasteiger partial charge is 0.309 e. The van der Waals surface area contributed by atoms with E-state index in [1.165, 1.54) is 96.3 Å². The van der Waals surface area contributed by atoms with Crippen molar-refractivity contribution in [2.24, 2.45) is 5.92 Å². The lowest BCUT2D eigenvalue weighted by atomic mass is 9.94. The summed E-state index contributed by atoms with van der Waals surface area (Å²) in [6.07, 6.45) is 29.2. The summed E-state index contributed by atoms with van der Waals surface area (Å²) in [5.74, 6) is -0.228. The van der Waals surface area contributed by atoms with Crippen LogP contribution in [-0.4, -0.2) is 50.2 Å². The van der Waals surface area contributed by atoms with Gasteiger partial charge in [-0.1, -0.05) is 143 Å². The summed E-state index contributed by atoms with van der Waals surface area (Å²) < 4.78 is 11.8. The molecule has 0 amide bonds. The zero-order chi connectivity index (χ0) is 31.1. The second-order valence-electron chi connectivity index (χ2n) is 13.1. The lowest BCUT2D eigenvalue weighted by Crippen LogP contribution is -2.28. The lowest BCUT2D eigenvalue weighted by molar-refractivity contribution is -0.162. The van der Waals surface area contributed by atoms with Gasteiger partial charge in [0.05, 0.1) is 5.92 Å². The Morgan fingerprint density at radius 3 is 1.45 bits per heavy atom. The summed E-state index contributed by atoms with van der Waals surface area (Å²) in [5.41, 5.74) is 0. The monoisotopic (exact) mass is 596 g/mol. The predicted molar refractivity (Wildman–Crippen MR) is 180 cm³/mol. The molecule has 0 aliphatic carbocycles. The number of unbranched alkanes of at least 4 members (excludes halogenated alkanes) is 18. The van der Waals surface area contributed by atoms with Gasteiger partial charge in [-0.15, -0.1) is 0 Å². The van der Waals surface area contributed by atoms with Gasteiger partial charge in [0.15, 0.2) is 0 Å². The van der Waals surface area contributed by atoms with Crippen LogP contribution in [0.5, 0.6) is 0 Å². The first kappa shape index (κ1) is 40.9. The summed E-state index contributed by atoms with van der Waals surface area (Å²) >= 11 is 0. The molecule has 0 aliphatic heterocycles. The minimum absolute atomic E-state index is 0.0196. The highest BCUT2D eigenvalue weighted by atomic mass is 16.6. The van der Waals surface area contributed by atoms with Crippen molar-refractivity contribution in [3.63, 3.8) is 0 Å². The normalized spacial score (nSPS) is 12.9. The molecule has 0 saturated heterocycles. The van der Waals surface area contributed by atoms with Crippen molar-refractivity contribution in [2.75, 3.05) is 27.2 Å². The van der Waals surface area contributed by atoms with Gasteiger partial charge in [-0.05, 0) is 59.2 Å². The van der Waals surface area contributed by atoms with Gasteiger partial charge in [0, 0.05) is 6.42 Å². The fourth-order valence-electron chi connectivity index (χ4n) is 5.64. The van der Waals surface area contributed by atoms with Gasteiger partial charge in [0.1, 0.15) is 12.7 Å². The molecule has 2 atom stereocenters. The van der Waals surface area contributed by atoms with Crippen molar-refractivity contribution in [1.82, 2.24) is 4.90 Å². The molecule has 42 heavy (non-hydrogen) atoms. The van der Waals surface area contributed by atoms with Crippen molar-refractivity contribution >= 4 is 11.9 Å². The molecule has 2 unspecified atom stereocenters. The Morgan fingerprint density at radius 1 is 0.548 bits per heavy atom. The SMILES string of the molecule is CCCCCCCCCC(COC(=O)C(CCCCCCC)CCCCCCCCC)OC(=O)CCCCCN(C)C. The zero-order valence-corrected chi connectivity index (χ0v) is 29.0. The first-order chi connectivity index (χ1) is 20.4. The Kier molecular flexibility index (Phi) is 30.5. The molecule has 0 aromatic carbocycles. The van der Waals surface area contributed by atoms with Gasteiger partial charge in [-0.2, -0.15) is 0 Å². The Hall–Kier alpha value is -1.10. The molecule has 0 radical (unpaired) electrons. The van der Waals surface area contributed by atoms with Gasteiger partial charge < -0.3 is 14.4 Å². The number of carbonyl (C=O) groups is 2. The molecule has 0 heterocycles. The average Bonchev–Trinajstić information content (AvgIpc) is 2.97. The van der Waals surface area contributed by atoms with E-state index in [1.54, 1.807) is 0 Å². The number of carbonyl (C=O) groups excluding carboxylic acids is 2. The number of rotatable bonds is 32. The highest BCUT2D eigenvalue weighted by molar-refractivity contribution is 5.72. The first-order valence-corrected chi connectivity index (χ1v) is 18.4. The van der Waals surface area contributed by atoms with Crippen molar-refractivity contribution in [1.29, 1.82) is 0 Å². The van der Waals surface area contributed by atoms with Gasteiger partial charge in [0.25, 0.3) is 0 Å². The maximum atomic E-state index is 13.3. The molecule has 5 heteroatoms. The molecular formula is C37H73NO4. The summed E-state index contributed by atoms with van der Waals surface area (Å²) in [7, 11) is 4.16. The van der Waals surface area contributed by atoms with Crippen LogP contribution in [0.15, 0.2) is 0 Å². The van der Waals surface area contributed by atoms with Crippen LogP contribution in [0, 0.1) is 5.92 Å². The second-order valence-corrected chi connectivity index (χ2v) is 13.1. The van der Waals surface area contributed by atoms with E-state index in [4.69, 9.17) is 9.47 Å². The van der Waals surface area contributed by atoms with Crippen molar-refractivity contribution in [3.8, 4) is 0 Å². The third kappa shape index (κ3) is 27.7. The van der Waals surface area contributed by atoms with E-state index in [9.17, 15) is 9.59 Å². The number of ether oxygens (including phenoxy) is 2. The van der Waals surface area contributed by atoms with E-state index in [0.29, 0.717) is 6.42 Å².